The van der Waals surface area contributed by atoms with Crippen LogP contribution < -0.4 is 15.0 Å². The van der Waals surface area contributed by atoms with Gasteiger partial charge in [0.15, 0.2) is 11.4 Å². The van der Waals surface area contributed by atoms with Gasteiger partial charge in [-0.15, -0.1) is 0 Å². The molecule has 2 unspecified atom stereocenters. The Bertz CT molecular complexity index is 1460. The predicted molar refractivity (Wildman–Crippen MR) is 148 cm³/mol. The fourth-order valence-corrected chi connectivity index (χ4v) is 6.18. The molecule has 0 saturated heterocycles. The Kier molecular flexibility index (Phi) is 7.18. The van der Waals surface area contributed by atoms with E-state index < -0.39 is 22.1 Å². The van der Waals surface area contributed by atoms with Gasteiger partial charge < -0.3 is 14.6 Å². The van der Waals surface area contributed by atoms with Gasteiger partial charge in [-0.2, -0.15) is 0 Å². The number of anilines is 1. The lowest BCUT2D eigenvalue weighted by Crippen LogP contribution is -3.10. The van der Waals surface area contributed by atoms with Crippen LogP contribution in [0.5, 0.6) is 5.75 Å². The van der Waals surface area contributed by atoms with Crippen molar-refractivity contribution in [1.82, 2.24) is 0 Å². The van der Waals surface area contributed by atoms with Crippen molar-refractivity contribution in [2.45, 2.75) is 38.3 Å². The highest BCUT2D eigenvalue weighted by Gasteiger charge is 2.35. The zero-order valence-electron chi connectivity index (χ0n) is 21.1. The minimum absolute atomic E-state index is 0.128. The number of rotatable bonds is 7. The van der Waals surface area contributed by atoms with E-state index >= 15 is 0 Å². The van der Waals surface area contributed by atoms with Gasteiger partial charge in [-0.25, -0.2) is 8.42 Å². The lowest BCUT2D eigenvalue weighted by atomic mass is 10.0. The molecular formula is C29H30N2O4S2. The second kappa shape index (κ2) is 10.4. The maximum Gasteiger partial charge on any atom is 0.257 e. The summed E-state index contributed by atoms with van der Waals surface area (Å²) in [6.07, 6.45) is 4.51. The summed E-state index contributed by atoms with van der Waals surface area (Å²) < 4.78 is 40.8. The molecule has 3 aromatic rings. The Morgan fingerprint density at radius 2 is 1.84 bits per heavy atom. The van der Waals surface area contributed by atoms with Crippen molar-refractivity contribution in [3.8, 4) is 16.9 Å². The molecule has 5 rings (SSSR count). The van der Waals surface area contributed by atoms with Crippen LogP contribution in [0.1, 0.15) is 24.5 Å². The van der Waals surface area contributed by atoms with Gasteiger partial charge in [-0.1, -0.05) is 55.1 Å². The van der Waals surface area contributed by atoms with Gasteiger partial charge >= 0.3 is 0 Å². The van der Waals surface area contributed by atoms with E-state index in [0.717, 1.165) is 44.4 Å². The highest BCUT2D eigenvalue weighted by molar-refractivity contribution is 8.03. The van der Waals surface area contributed by atoms with E-state index in [9.17, 15) is 13.0 Å². The van der Waals surface area contributed by atoms with Crippen molar-refractivity contribution in [1.29, 1.82) is 0 Å². The molecule has 3 aromatic carbocycles. The third kappa shape index (κ3) is 5.78. The van der Waals surface area contributed by atoms with Gasteiger partial charge in [-0.3, -0.25) is 4.90 Å². The molecule has 37 heavy (non-hydrogen) atoms. The number of hydrogen-bond donors (Lipinski definition) is 2. The minimum Gasteiger partial charge on any atom is -0.748 e. The van der Waals surface area contributed by atoms with Crippen molar-refractivity contribution < 1.29 is 22.6 Å². The maximum atomic E-state index is 11.5. The Morgan fingerprint density at radius 1 is 1.08 bits per heavy atom. The van der Waals surface area contributed by atoms with Gasteiger partial charge in [0.2, 0.25) is 0 Å². The largest absolute Gasteiger partial charge is 0.748 e. The van der Waals surface area contributed by atoms with Crippen LogP contribution in [0.3, 0.4) is 0 Å². The lowest BCUT2D eigenvalue weighted by Gasteiger charge is -2.19. The normalized spacial score (nSPS) is 19.9. The molecule has 2 aliphatic rings. The topological polar surface area (TPSA) is 82.9 Å². The molecule has 0 spiro atoms. The maximum absolute atomic E-state index is 11.5. The first-order chi connectivity index (χ1) is 17.7. The average molecular weight is 535 g/mol. The molecule has 0 amide bonds. The molecule has 0 bridgehead atoms. The monoisotopic (exact) mass is 534 g/mol. The average Bonchev–Trinajstić information content (AvgIpc) is 3.41. The number of benzene rings is 3. The Balaban J connectivity index is 1.45. The van der Waals surface area contributed by atoms with Gasteiger partial charge in [0.1, 0.15) is 10.1 Å². The molecule has 192 valence electrons. The summed E-state index contributed by atoms with van der Waals surface area (Å²) in [6, 6.07) is 20.3. The molecule has 6 nitrogen and oxygen atoms in total. The van der Waals surface area contributed by atoms with Crippen molar-refractivity contribution in [2.75, 3.05) is 17.6 Å². The van der Waals surface area contributed by atoms with E-state index in [1.165, 1.54) is 16.0 Å². The second-order valence-corrected chi connectivity index (χ2v) is 12.0. The van der Waals surface area contributed by atoms with Crippen molar-refractivity contribution in [3.05, 3.63) is 94.5 Å². The van der Waals surface area contributed by atoms with Crippen LogP contribution in [0.2, 0.25) is 0 Å². The fraction of sp³-hybridized carbons (Fsp3) is 0.241. The third-order valence-electron chi connectivity index (χ3n) is 6.82. The highest BCUT2D eigenvalue weighted by Crippen LogP contribution is 2.42. The Hall–Kier alpha value is -3.04. The predicted octanol–water partition coefficient (Wildman–Crippen LogP) is 5.15. The van der Waals surface area contributed by atoms with E-state index in [-0.39, 0.29) is 6.54 Å². The minimum atomic E-state index is -4.36. The quantitative estimate of drug-likeness (QED) is 0.408. The molecule has 2 atom stereocenters. The first-order valence-corrected chi connectivity index (χ1v) is 14.7. The van der Waals surface area contributed by atoms with E-state index in [0.29, 0.717) is 5.75 Å². The summed E-state index contributed by atoms with van der Waals surface area (Å²) in [7, 11) is -4.36. The number of nitrogens with one attached hydrogen (secondary N) is 2. The summed E-state index contributed by atoms with van der Waals surface area (Å²) in [6.45, 7) is 6.44. The van der Waals surface area contributed by atoms with Gasteiger partial charge in [0.05, 0.1) is 23.0 Å². The van der Waals surface area contributed by atoms with Gasteiger partial charge in [0, 0.05) is 17.0 Å². The molecule has 2 N–H and O–H groups in total. The molecule has 2 heterocycles. The number of ether oxygens (including phenoxy) is 1. The van der Waals surface area contributed by atoms with Crippen molar-refractivity contribution in [2.24, 2.45) is 0 Å². The smallest absolute Gasteiger partial charge is 0.257 e. The number of quaternary nitrogens is 1. The van der Waals surface area contributed by atoms with Crippen LogP contribution in [-0.4, -0.2) is 31.5 Å². The van der Waals surface area contributed by atoms with Gasteiger partial charge in [0.25, 0.3) is 6.23 Å². The highest BCUT2D eigenvalue weighted by atomic mass is 32.2. The number of aryl methyl sites for hydroxylation is 2. The number of hydrogen-bond acceptors (Lipinski definition) is 6. The van der Waals surface area contributed by atoms with Gasteiger partial charge in [-0.05, 0) is 72.4 Å². The molecule has 8 heteroatoms. The number of allylic oxidation sites excluding steroid dienone is 2. The number of thioether (sulfide) groups is 1. The standard InChI is InChI=1S/C29H30N2O4S2/c1-4-21(16-28-30-24-14-19(2)20(3)15-27(24)36-28)17-29-31(12-13-37(32,33)34)25-18-23(10-11-26(25)35-29)22-8-6-5-7-9-22/h5-11,14-18,29-30H,4,12-13H2,1-3H3,(H,32,33,34)/b21-17+,28-16-. The van der Waals surface area contributed by atoms with Crippen LogP contribution in [0.15, 0.2) is 88.3 Å². The zero-order chi connectivity index (χ0) is 26.2. The van der Waals surface area contributed by atoms with Crippen molar-refractivity contribution >= 4 is 33.3 Å². The molecule has 0 radical (unpaired) electrons. The molecule has 0 aromatic heterocycles. The zero-order valence-corrected chi connectivity index (χ0v) is 22.7. The van der Waals surface area contributed by atoms with Crippen molar-refractivity contribution in [3.63, 3.8) is 0 Å². The molecule has 0 aliphatic carbocycles. The molecular weight excluding hydrogens is 504 g/mol. The fourth-order valence-electron chi connectivity index (χ4n) is 4.65. The summed E-state index contributed by atoms with van der Waals surface area (Å²) in [5, 5.41) is 4.55. The molecule has 0 fully saturated rings. The SMILES string of the molecule is CCC(/C=C1/Nc2cc(C)c(C)cc2S1)=C\C1Oc2ccc(-c3ccccc3)cc2[NH+]1CCS(=O)(=O)[O-]. The van der Waals surface area contributed by atoms with E-state index in [4.69, 9.17) is 4.74 Å². The second-order valence-electron chi connectivity index (χ2n) is 9.42. The summed E-state index contributed by atoms with van der Waals surface area (Å²) in [4.78, 5) is 2.02. The Labute approximate surface area is 222 Å². The third-order valence-corrected chi connectivity index (χ3v) is 8.52. The van der Waals surface area contributed by atoms with Crippen LogP contribution in [0, 0.1) is 13.8 Å². The lowest BCUT2D eigenvalue weighted by molar-refractivity contribution is -0.859. The Morgan fingerprint density at radius 3 is 2.57 bits per heavy atom. The summed E-state index contributed by atoms with van der Waals surface area (Å²) >= 11 is 1.70. The van der Waals surface area contributed by atoms with E-state index in [1.54, 1.807) is 11.8 Å². The molecule has 2 aliphatic heterocycles. The summed E-state index contributed by atoms with van der Waals surface area (Å²) in [5.41, 5.74) is 7.64. The molecule has 0 saturated carbocycles. The summed E-state index contributed by atoms with van der Waals surface area (Å²) in [5.74, 6) is 0.244. The van der Waals surface area contributed by atoms with E-state index in [2.05, 4.69) is 44.3 Å². The first-order valence-electron chi connectivity index (χ1n) is 12.3. The van der Waals surface area contributed by atoms with Crippen LogP contribution >= 0.6 is 11.8 Å². The van der Waals surface area contributed by atoms with Crippen LogP contribution in [-0.2, 0) is 10.1 Å². The number of fused-ring (bicyclic) bond motifs is 2. The van der Waals surface area contributed by atoms with Crippen LogP contribution in [0.25, 0.3) is 11.1 Å². The first kappa shape index (κ1) is 25.6. The van der Waals surface area contributed by atoms with Crippen LogP contribution in [0.4, 0.5) is 11.4 Å². The van der Waals surface area contributed by atoms with E-state index in [1.807, 2.05) is 54.6 Å².